The molecule has 5 rings (SSSR count). The van der Waals surface area contributed by atoms with Crippen LogP contribution in [0.3, 0.4) is 0 Å². The third kappa shape index (κ3) is 4.50. The topological polar surface area (TPSA) is 74.1 Å². The van der Waals surface area contributed by atoms with E-state index in [2.05, 4.69) is 10.3 Å². The summed E-state index contributed by atoms with van der Waals surface area (Å²) in [4.78, 5) is 17.1. The SMILES string of the molecule is COc1cc(-c2cnc3cc(Oc4ccccc4)ccn23)cc(OC(F)F)c1C(=O)NC1CC1. The lowest BCUT2D eigenvalue weighted by Gasteiger charge is -2.16. The number of carbonyl (C=O) groups excluding carboxylic acids is 1. The van der Waals surface area contributed by atoms with Crippen molar-refractivity contribution in [2.75, 3.05) is 7.11 Å². The van der Waals surface area contributed by atoms with Gasteiger partial charge in [0.1, 0.15) is 34.2 Å². The minimum Gasteiger partial charge on any atom is -0.496 e. The minimum atomic E-state index is -3.10. The molecular formula is C25H21F2N3O4. The average molecular weight is 465 g/mol. The van der Waals surface area contributed by atoms with Crippen molar-refractivity contribution in [3.8, 4) is 34.3 Å². The fourth-order valence-electron chi connectivity index (χ4n) is 3.66. The van der Waals surface area contributed by atoms with E-state index >= 15 is 0 Å². The van der Waals surface area contributed by atoms with Gasteiger partial charge in [-0.05, 0) is 43.2 Å². The fourth-order valence-corrected chi connectivity index (χ4v) is 3.66. The number of halogens is 2. The normalized spacial score (nSPS) is 13.2. The number of rotatable bonds is 8. The van der Waals surface area contributed by atoms with E-state index in [0.29, 0.717) is 28.4 Å². The molecule has 1 fully saturated rings. The first-order valence-electron chi connectivity index (χ1n) is 10.7. The van der Waals surface area contributed by atoms with Gasteiger partial charge in [0.15, 0.2) is 0 Å². The lowest BCUT2D eigenvalue weighted by molar-refractivity contribution is -0.0502. The maximum Gasteiger partial charge on any atom is 0.387 e. The molecule has 4 aromatic rings. The van der Waals surface area contributed by atoms with Crippen LogP contribution in [0.15, 0.2) is 67.0 Å². The van der Waals surface area contributed by atoms with Gasteiger partial charge in [-0.1, -0.05) is 18.2 Å². The maximum atomic E-state index is 13.2. The largest absolute Gasteiger partial charge is 0.496 e. The third-order valence-corrected chi connectivity index (χ3v) is 5.40. The number of methoxy groups -OCH3 is 1. The molecule has 34 heavy (non-hydrogen) atoms. The van der Waals surface area contributed by atoms with Crippen molar-refractivity contribution in [3.63, 3.8) is 0 Å². The molecule has 2 aromatic heterocycles. The summed E-state index contributed by atoms with van der Waals surface area (Å²) in [7, 11) is 1.38. The second-order valence-corrected chi connectivity index (χ2v) is 7.83. The summed E-state index contributed by atoms with van der Waals surface area (Å²) in [6.45, 7) is -3.10. The Bertz CT molecular complexity index is 1340. The summed E-state index contributed by atoms with van der Waals surface area (Å²) in [6, 6.07) is 15.9. The first kappa shape index (κ1) is 21.7. The van der Waals surface area contributed by atoms with Gasteiger partial charge in [-0.2, -0.15) is 8.78 Å². The van der Waals surface area contributed by atoms with Crippen LogP contribution in [-0.2, 0) is 0 Å². The number of hydrogen-bond donors (Lipinski definition) is 1. The van der Waals surface area contributed by atoms with Gasteiger partial charge in [0, 0.05) is 23.9 Å². The molecule has 7 nitrogen and oxygen atoms in total. The average Bonchev–Trinajstić information content (AvgIpc) is 3.54. The highest BCUT2D eigenvalue weighted by Gasteiger charge is 2.29. The van der Waals surface area contributed by atoms with E-state index in [-0.39, 0.29) is 23.1 Å². The number of amides is 1. The molecule has 0 spiro atoms. The van der Waals surface area contributed by atoms with Crippen LogP contribution >= 0.6 is 0 Å². The van der Waals surface area contributed by atoms with Crippen LogP contribution in [0.1, 0.15) is 23.2 Å². The molecule has 1 N–H and O–H groups in total. The number of fused-ring (bicyclic) bond motifs is 1. The summed E-state index contributed by atoms with van der Waals surface area (Å²) >= 11 is 0. The molecule has 0 aliphatic heterocycles. The Kier molecular flexibility index (Phi) is 5.75. The van der Waals surface area contributed by atoms with Gasteiger partial charge in [-0.3, -0.25) is 9.20 Å². The van der Waals surface area contributed by atoms with E-state index in [1.807, 2.05) is 30.3 Å². The van der Waals surface area contributed by atoms with Crippen molar-refractivity contribution in [2.24, 2.45) is 0 Å². The Labute approximate surface area is 193 Å². The number of alkyl halides is 2. The molecule has 0 atom stereocenters. The lowest BCUT2D eigenvalue weighted by Crippen LogP contribution is -2.26. The Morgan fingerprint density at radius 3 is 2.56 bits per heavy atom. The predicted octanol–water partition coefficient (Wildman–Crippen LogP) is 5.30. The Morgan fingerprint density at radius 1 is 1.09 bits per heavy atom. The standard InChI is InChI=1S/C25H21F2N3O4/c1-32-20-11-15(12-21(34-25(26)27)23(20)24(31)29-16-7-8-16)19-14-28-22-13-18(9-10-30(19)22)33-17-5-3-2-4-6-17/h2-6,9-14,16,25H,7-8H2,1H3,(H,29,31). The maximum absolute atomic E-state index is 13.2. The molecule has 0 saturated heterocycles. The molecule has 0 radical (unpaired) electrons. The van der Waals surface area contributed by atoms with Crippen LogP contribution in [0.25, 0.3) is 16.9 Å². The minimum absolute atomic E-state index is 0.0438. The second-order valence-electron chi connectivity index (χ2n) is 7.83. The van der Waals surface area contributed by atoms with Gasteiger partial charge in [0.05, 0.1) is 19.0 Å². The number of nitrogens with zero attached hydrogens (tertiary/aromatic N) is 2. The van der Waals surface area contributed by atoms with Gasteiger partial charge in [0.2, 0.25) is 0 Å². The molecule has 2 aromatic carbocycles. The molecule has 0 unspecified atom stereocenters. The van der Waals surface area contributed by atoms with Gasteiger partial charge >= 0.3 is 6.61 Å². The number of nitrogens with one attached hydrogen (secondary N) is 1. The number of benzene rings is 2. The van der Waals surface area contributed by atoms with E-state index in [1.54, 1.807) is 35.0 Å². The van der Waals surface area contributed by atoms with Crippen LogP contribution in [0.2, 0.25) is 0 Å². The zero-order valence-corrected chi connectivity index (χ0v) is 18.2. The zero-order valence-electron chi connectivity index (χ0n) is 18.2. The number of aromatic nitrogens is 2. The number of para-hydroxylation sites is 1. The van der Waals surface area contributed by atoms with E-state index in [1.165, 1.54) is 13.2 Å². The monoisotopic (exact) mass is 465 g/mol. The molecule has 1 saturated carbocycles. The molecule has 1 aliphatic carbocycles. The lowest BCUT2D eigenvalue weighted by atomic mass is 10.1. The Balaban J connectivity index is 1.53. The highest BCUT2D eigenvalue weighted by Crippen LogP contribution is 2.37. The van der Waals surface area contributed by atoms with E-state index in [4.69, 9.17) is 14.2 Å². The van der Waals surface area contributed by atoms with Crippen molar-refractivity contribution >= 4 is 11.6 Å². The predicted molar refractivity (Wildman–Crippen MR) is 121 cm³/mol. The van der Waals surface area contributed by atoms with Gasteiger partial charge < -0.3 is 19.5 Å². The number of imidazole rings is 1. The first-order chi connectivity index (χ1) is 16.5. The van der Waals surface area contributed by atoms with Crippen LogP contribution in [0.5, 0.6) is 23.0 Å². The molecule has 1 aliphatic rings. The van der Waals surface area contributed by atoms with Crippen molar-refractivity contribution < 1.29 is 27.8 Å². The molecule has 0 bridgehead atoms. The highest BCUT2D eigenvalue weighted by atomic mass is 19.3. The van der Waals surface area contributed by atoms with E-state index < -0.39 is 12.5 Å². The van der Waals surface area contributed by atoms with Crippen molar-refractivity contribution in [1.29, 1.82) is 0 Å². The molecule has 1 amide bonds. The molecule has 174 valence electrons. The van der Waals surface area contributed by atoms with Crippen LogP contribution in [-0.4, -0.2) is 35.1 Å². The summed E-state index contributed by atoms with van der Waals surface area (Å²) in [5.74, 6) is 0.647. The quantitative estimate of drug-likeness (QED) is 0.383. The van der Waals surface area contributed by atoms with E-state index in [9.17, 15) is 13.6 Å². The summed E-state index contributed by atoms with van der Waals surface area (Å²) in [6.07, 6.45) is 5.08. The van der Waals surface area contributed by atoms with E-state index in [0.717, 1.165) is 12.8 Å². The summed E-state index contributed by atoms with van der Waals surface area (Å²) in [5, 5.41) is 2.79. The Hall–Kier alpha value is -4.14. The van der Waals surface area contributed by atoms with Crippen LogP contribution in [0.4, 0.5) is 8.78 Å². The highest BCUT2D eigenvalue weighted by molar-refractivity contribution is 6.01. The van der Waals surface area contributed by atoms with Gasteiger partial charge in [-0.25, -0.2) is 4.98 Å². The molecular weight excluding hydrogens is 444 g/mol. The first-order valence-corrected chi connectivity index (χ1v) is 10.7. The number of pyridine rings is 1. The van der Waals surface area contributed by atoms with Crippen LogP contribution in [0, 0.1) is 0 Å². The van der Waals surface area contributed by atoms with Crippen molar-refractivity contribution in [1.82, 2.24) is 14.7 Å². The van der Waals surface area contributed by atoms with Gasteiger partial charge in [-0.15, -0.1) is 0 Å². The number of ether oxygens (including phenoxy) is 3. The van der Waals surface area contributed by atoms with Crippen molar-refractivity contribution in [2.45, 2.75) is 25.5 Å². The third-order valence-electron chi connectivity index (χ3n) is 5.40. The number of hydrogen-bond acceptors (Lipinski definition) is 5. The fraction of sp³-hybridized carbons (Fsp3) is 0.200. The van der Waals surface area contributed by atoms with Crippen LogP contribution < -0.4 is 19.5 Å². The summed E-state index contributed by atoms with van der Waals surface area (Å²) < 4.78 is 44.2. The van der Waals surface area contributed by atoms with Gasteiger partial charge in [0.25, 0.3) is 5.91 Å². The summed E-state index contributed by atoms with van der Waals surface area (Å²) in [5.41, 5.74) is 1.63. The Morgan fingerprint density at radius 2 is 1.85 bits per heavy atom. The van der Waals surface area contributed by atoms with Crippen molar-refractivity contribution in [3.05, 3.63) is 72.6 Å². The molecule has 2 heterocycles. The second kappa shape index (κ2) is 9.01. The smallest absolute Gasteiger partial charge is 0.387 e. The zero-order chi connectivity index (χ0) is 23.7. The number of carbonyl (C=O) groups is 1. The molecule has 9 heteroatoms.